The van der Waals surface area contributed by atoms with Gasteiger partial charge in [0.1, 0.15) is 16.5 Å². The van der Waals surface area contributed by atoms with Crippen molar-refractivity contribution in [3.63, 3.8) is 0 Å². The van der Waals surface area contributed by atoms with Crippen molar-refractivity contribution in [1.29, 1.82) is 5.26 Å². The molecule has 0 aliphatic heterocycles. The summed E-state index contributed by atoms with van der Waals surface area (Å²) in [6.45, 7) is 0.773. The quantitative estimate of drug-likeness (QED) is 0.454. The zero-order valence-corrected chi connectivity index (χ0v) is 20.5. The van der Waals surface area contributed by atoms with Crippen LogP contribution < -0.4 is 24.8 Å². The lowest BCUT2D eigenvalue weighted by atomic mass is 10.2. The van der Waals surface area contributed by atoms with Crippen LogP contribution >= 0.6 is 27.3 Å². The Hall–Kier alpha value is -3.19. The molecule has 33 heavy (non-hydrogen) atoms. The number of benzene rings is 2. The van der Waals surface area contributed by atoms with Gasteiger partial charge < -0.3 is 14.8 Å². The molecule has 2 aromatic carbocycles. The molecule has 1 heterocycles. The van der Waals surface area contributed by atoms with E-state index in [1.807, 2.05) is 30.3 Å². The number of anilines is 1. The molecule has 0 saturated carbocycles. The molecule has 0 atom stereocenters. The van der Waals surface area contributed by atoms with E-state index < -0.39 is 5.91 Å². The second-order valence-corrected chi connectivity index (χ2v) is 8.89. The van der Waals surface area contributed by atoms with E-state index in [9.17, 15) is 14.9 Å². The molecule has 170 valence electrons. The molecule has 3 rings (SSSR count). The largest absolute Gasteiger partial charge is 0.497 e. The molecule has 0 spiro atoms. The van der Waals surface area contributed by atoms with Gasteiger partial charge in [-0.3, -0.25) is 14.2 Å². The standard InChI is InChI=1S/C24H22BrN3O4S/c1-31-12-4-11-28-23(30)21(13-16-7-9-17(25)10-8-16)33-24(28)20(15-26)22(29)27-18-5-3-6-19(14-18)32-2/h3,5-10,13-14H,4,11-12H2,1-2H3,(H,27,29)/b21-13-,24-20+. The molecule has 0 fully saturated rings. The van der Waals surface area contributed by atoms with Crippen molar-refractivity contribution in [2.24, 2.45) is 0 Å². The first-order valence-electron chi connectivity index (χ1n) is 10.0. The van der Waals surface area contributed by atoms with Crippen LogP contribution in [0.3, 0.4) is 0 Å². The third-order valence-electron chi connectivity index (χ3n) is 4.69. The highest BCUT2D eigenvalue weighted by molar-refractivity contribution is 9.10. The van der Waals surface area contributed by atoms with Crippen LogP contribution in [-0.2, 0) is 16.1 Å². The predicted octanol–water partition coefficient (Wildman–Crippen LogP) is 2.86. The molecule has 0 bridgehead atoms. The maximum atomic E-state index is 13.2. The van der Waals surface area contributed by atoms with Gasteiger partial charge in [0.2, 0.25) is 0 Å². The Morgan fingerprint density at radius 2 is 2.00 bits per heavy atom. The number of hydrogen-bond donors (Lipinski definition) is 1. The number of thiazole rings is 1. The number of nitrogens with one attached hydrogen (secondary N) is 1. The number of amides is 1. The summed E-state index contributed by atoms with van der Waals surface area (Å²) in [5, 5.41) is 12.5. The number of hydrogen-bond acceptors (Lipinski definition) is 6. The topological polar surface area (TPSA) is 93.4 Å². The summed E-state index contributed by atoms with van der Waals surface area (Å²) in [5.74, 6) is -0.0204. The van der Waals surface area contributed by atoms with E-state index in [0.29, 0.717) is 40.2 Å². The molecule has 1 N–H and O–H groups in total. The highest BCUT2D eigenvalue weighted by Crippen LogP contribution is 2.17. The van der Waals surface area contributed by atoms with Crippen molar-refractivity contribution >= 4 is 50.5 Å². The Morgan fingerprint density at radius 1 is 1.24 bits per heavy atom. The normalized spacial score (nSPS) is 12.2. The molecular weight excluding hydrogens is 506 g/mol. The van der Waals surface area contributed by atoms with E-state index >= 15 is 0 Å². The van der Waals surface area contributed by atoms with Gasteiger partial charge in [-0.1, -0.05) is 34.1 Å². The van der Waals surface area contributed by atoms with E-state index in [2.05, 4.69) is 21.2 Å². The average molecular weight is 528 g/mol. The van der Waals surface area contributed by atoms with E-state index in [1.54, 1.807) is 37.5 Å². The summed E-state index contributed by atoms with van der Waals surface area (Å²) < 4.78 is 13.4. The molecule has 7 nitrogen and oxygen atoms in total. The lowest BCUT2D eigenvalue weighted by Gasteiger charge is -2.07. The third-order valence-corrected chi connectivity index (χ3v) is 6.34. The van der Waals surface area contributed by atoms with Crippen LogP contribution in [0.2, 0.25) is 0 Å². The second-order valence-electron chi connectivity index (χ2n) is 6.94. The van der Waals surface area contributed by atoms with Gasteiger partial charge in [-0.05, 0) is 42.3 Å². The molecule has 0 aliphatic carbocycles. The minimum atomic E-state index is -0.595. The highest BCUT2D eigenvalue weighted by Gasteiger charge is 2.16. The number of ether oxygens (including phenoxy) is 2. The monoisotopic (exact) mass is 527 g/mol. The van der Waals surface area contributed by atoms with Gasteiger partial charge >= 0.3 is 0 Å². The molecule has 0 radical (unpaired) electrons. The van der Waals surface area contributed by atoms with Crippen molar-refractivity contribution in [1.82, 2.24) is 4.57 Å². The third kappa shape index (κ3) is 6.20. The van der Waals surface area contributed by atoms with Crippen molar-refractivity contribution in [2.75, 3.05) is 26.1 Å². The minimum Gasteiger partial charge on any atom is -0.497 e. The van der Waals surface area contributed by atoms with Crippen LogP contribution in [0.4, 0.5) is 5.69 Å². The molecule has 3 aromatic rings. The predicted molar refractivity (Wildman–Crippen MR) is 133 cm³/mol. The number of nitrogens with zero attached hydrogens (tertiary/aromatic N) is 2. The van der Waals surface area contributed by atoms with Gasteiger partial charge in [-0.15, -0.1) is 11.3 Å². The number of carbonyl (C=O) groups excluding carboxylic acids is 1. The lowest BCUT2D eigenvalue weighted by Crippen LogP contribution is -2.34. The summed E-state index contributed by atoms with van der Waals surface area (Å²) in [6.07, 6.45) is 2.32. The van der Waals surface area contributed by atoms with Gasteiger partial charge in [-0.25, -0.2) is 0 Å². The van der Waals surface area contributed by atoms with Crippen molar-refractivity contribution in [3.8, 4) is 11.8 Å². The number of methoxy groups -OCH3 is 2. The zero-order valence-electron chi connectivity index (χ0n) is 18.1. The zero-order chi connectivity index (χ0) is 23.8. The maximum absolute atomic E-state index is 13.2. The fraction of sp³-hybridized carbons (Fsp3) is 0.208. The van der Waals surface area contributed by atoms with Gasteiger partial charge in [0, 0.05) is 36.5 Å². The Bertz CT molecular complexity index is 1350. The van der Waals surface area contributed by atoms with Gasteiger partial charge in [-0.2, -0.15) is 5.26 Å². The highest BCUT2D eigenvalue weighted by atomic mass is 79.9. The number of halogens is 1. The van der Waals surface area contributed by atoms with Gasteiger partial charge in [0.25, 0.3) is 11.5 Å². The summed E-state index contributed by atoms with van der Waals surface area (Å²) in [7, 11) is 3.11. The number of rotatable bonds is 8. The molecule has 9 heteroatoms. The fourth-order valence-electron chi connectivity index (χ4n) is 3.08. The number of nitriles is 1. The fourth-order valence-corrected chi connectivity index (χ4v) is 4.47. The average Bonchev–Trinajstić information content (AvgIpc) is 3.11. The van der Waals surface area contributed by atoms with Crippen molar-refractivity contribution in [2.45, 2.75) is 13.0 Å². The Balaban J connectivity index is 2.11. The van der Waals surface area contributed by atoms with Crippen LogP contribution in [0.25, 0.3) is 11.6 Å². The van der Waals surface area contributed by atoms with Crippen LogP contribution in [0.15, 0.2) is 57.8 Å². The lowest BCUT2D eigenvalue weighted by molar-refractivity contribution is -0.111. The maximum Gasteiger partial charge on any atom is 0.269 e. The summed E-state index contributed by atoms with van der Waals surface area (Å²) in [6, 6.07) is 16.3. The first-order chi connectivity index (χ1) is 16.0. The van der Waals surface area contributed by atoms with Crippen LogP contribution in [-0.4, -0.2) is 31.3 Å². The van der Waals surface area contributed by atoms with E-state index in [1.165, 1.54) is 11.7 Å². The van der Waals surface area contributed by atoms with Crippen molar-refractivity contribution < 1.29 is 14.3 Å². The minimum absolute atomic E-state index is 0.132. The van der Waals surface area contributed by atoms with Crippen LogP contribution in [0.5, 0.6) is 5.75 Å². The number of aromatic nitrogens is 1. The van der Waals surface area contributed by atoms with Gasteiger partial charge in [0.05, 0.1) is 11.6 Å². The van der Waals surface area contributed by atoms with E-state index in [4.69, 9.17) is 9.47 Å². The first kappa shape index (κ1) is 24.5. The summed E-state index contributed by atoms with van der Waals surface area (Å²) in [5.41, 5.74) is 0.939. The smallest absolute Gasteiger partial charge is 0.269 e. The first-order valence-corrected chi connectivity index (χ1v) is 11.6. The Morgan fingerprint density at radius 3 is 2.67 bits per heavy atom. The Kier molecular flexibility index (Phi) is 8.60. The van der Waals surface area contributed by atoms with Gasteiger partial charge in [0.15, 0.2) is 5.57 Å². The molecule has 0 aliphatic rings. The molecule has 1 aromatic heterocycles. The number of carbonyl (C=O) groups is 1. The molecule has 0 unspecified atom stereocenters. The van der Waals surface area contributed by atoms with Crippen molar-refractivity contribution in [3.05, 3.63) is 78.1 Å². The van der Waals surface area contributed by atoms with Crippen LogP contribution in [0, 0.1) is 11.3 Å². The summed E-state index contributed by atoms with van der Waals surface area (Å²) >= 11 is 4.52. The van der Waals surface area contributed by atoms with E-state index in [0.717, 1.165) is 21.4 Å². The van der Waals surface area contributed by atoms with E-state index in [-0.39, 0.29) is 11.1 Å². The molecule has 1 amide bonds. The Labute approximate surface area is 203 Å². The molecular formula is C24H22BrN3O4S. The SMILES string of the molecule is COCCCn1c(=O)/c(=C/c2ccc(Br)cc2)s/c1=C(\C#N)C(=O)Nc1cccc(OC)c1. The second kappa shape index (κ2) is 11.6. The van der Waals surface area contributed by atoms with Crippen LogP contribution in [0.1, 0.15) is 12.0 Å². The molecule has 0 saturated heterocycles. The summed E-state index contributed by atoms with van der Waals surface area (Å²) in [4.78, 5) is 26.1.